The lowest BCUT2D eigenvalue weighted by Crippen LogP contribution is -2.45. The molecule has 2 aromatic rings. The maximum Gasteiger partial charge on any atom is 0.315 e. The number of para-hydroxylation sites is 1. The predicted octanol–water partition coefficient (Wildman–Crippen LogP) is 2.78. The molecule has 1 aliphatic heterocycles. The summed E-state index contributed by atoms with van der Waals surface area (Å²) >= 11 is 1.47. The minimum Gasteiger partial charge on any atom is -0.493 e. The van der Waals surface area contributed by atoms with Crippen molar-refractivity contribution in [3.8, 4) is 5.75 Å². The summed E-state index contributed by atoms with van der Waals surface area (Å²) in [7, 11) is 0. The van der Waals surface area contributed by atoms with Crippen LogP contribution in [0.4, 0.5) is 4.79 Å². The first-order valence-electron chi connectivity index (χ1n) is 7.59. The molecular weight excluding hydrogens is 312 g/mol. The summed E-state index contributed by atoms with van der Waals surface area (Å²) in [4.78, 5) is 13.0. The summed E-state index contributed by atoms with van der Waals surface area (Å²) in [6.07, 6.45) is 0.728. The van der Waals surface area contributed by atoms with E-state index in [0.29, 0.717) is 6.61 Å². The Morgan fingerprint density at radius 2 is 2.22 bits per heavy atom. The van der Waals surface area contributed by atoms with Gasteiger partial charge in [-0.25, -0.2) is 4.79 Å². The SMILES string of the molecule is C[C@@](O)(CNC(=O)N[C@@H]1CCOc2ccccc21)c1cccs1. The van der Waals surface area contributed by atoms with Crippen LogP contribution in [-0.4, -0.2) is 24.3 Å². The number of hydrogen-bond donors (Lipinski definition) is 3. The van der Waals surface area contributed by atoms with Crippen molar-refractivity contribution < 1.29 is 14.6 Å². The summed E-state index contributed by atoms with van der Waals surface area (Å²) < 4.78 is 5.59. The molecule has 5 nitrogen and oxygen atoms in total. The van der Waals surface area contributed by atoms with Gasteiger partial charge in [0, 0.05) is 16.9 Å². The van der Waals surface area contributed by atoms with Gasteiger partial charge in [-0.2, -0.15) is 0 Å². The lowest BCUT2D eigenvalue weighted by Gasteiger charge is -2.28. The van der Waals surface area contributed by atoms with E-state index in [9.17, 15) is 9.90 Å². The van der Waals surface area contributed by atoms with Crippen LogP contribution in [0.5, 0.6) is 5.75 Å². The fourth-order valence-corrected chi connectivity index (χ4v) is 3.41. The Kier molecular flexibility index (Phi) is 4.54. The Balaban J connectivity index is 1.58. The maximum atomic E-state index is 12.2. The Labute approximate surface area is 139 Å². The van der Waals surface area contributed by atoms with Crippen molar-refractivity contribution in [1.29, 1.82) is 0 Å². The monoisotopic (exact) mass is 332 g/mol. The topological polar surface area (TPSA) is 70.6 Å². The largest absolute Gasteiger partial charge is 0.493 e. The number of benzene rings is 1. The van der Waals surface area contributed by atoms with Crippen molar-refractivity contribution in [2.24, 2.45) is 0 Å². The van der Waals surface area contributed by atoms with Gasteiger partial charge < -0.3 is 20.5 Å². The molecule has 0 spiro atoms. The van der Waals surface area contributed by atoms with Crippen LogP contribution in [0.15, 0.2) is 41.8 Å². The smallest absolute Gasteiger partial charge is 0.315 e. The fourth-order valence-electron chi connectivity index (χ4n) is 2.63. The van der Waals surface area contributed by atoms with E-state index < -0.39 is 5.60 Å². The average molecular weight is 332 g/mol. The van der Waals surface area contributed by atoms with Crippen LogP contribution in [0.1, 0.15) is 29.8 Å². The fraction of sp³-hybridized carbons (Fsp3) is 0.353. The summed E-state index contributed by atoms with van der Waals surface area (Å²) in [5.41, 5.74) is -0.0852. The van der Waals surface area contributed by atoms with Crippen LogP contribution >= 0.6 is 11.3 Å². The van der Waals surface area contributed by atoms with Gasteiger partial charge in [0.2, 0.25) is 0 Å². The quantitative estimate of drug-likeness (QED) is 0.806. The highest BCUT2D eigenvalue weighted by Gasteiger charge is 2.26. The second-order valence-electron chi connectivity index (χ2n) is 5.81. The van der Waals surface area contributed by atoms with Crippen LogP contribution in [0.3, 0.4) is 0 Å². The standard InChI is InChI=1S/C17H20N2O3S/c1-17(21,15-7-4-10-23-15)11-18-16(20)19-13-8-9-22-14-6-3-2-5-12(13)14/h2-7,10,13,21H,8-9,11H2,1H3,(H2,18,19,20)/t13-,17-/m1/s1. The third-order valence-corrected chi connectivity index (χ3v) is 5.03. The number of rotatable bonds is 4. The van der Waals surface area contributed by atoms with Gasteiger partial charge in [-0.3, -0.25) is 0 Å². The number of hydrogen-bond acceptors (Lipinski definition) is 4. The summed E-state index contributed by atoms with van der Waals surface area (Å²) in [5.74, 6) is 0.814. The number of carbonyl (C=O) groups is 1. The Morgan fingerprint density at radius 1 is 1.39 bits per heavy atom. The molecular formula is C17H20N2O3S. The molecule has 0 saturated heterocycles. The Morgan fingerprint density at radius 3 is 3.00 bits per heavy atom. The van der Waals surface area contributed by atoms with Gasteiger partial charge in [0.15, 0.2) is 0 Å². The molecule has 6 heteroatoms. The first kappa shape index (κ1) is 15.8. The molecule has 2 amide bonds. The molecule has 0 saturated carbocycles. The van der Waals surface area contributed by atoms with Crippen molar-refractivity contribution in [2.45, 2.75) is 25.0 Å². The zero-order valence-corrected chi connectivity index (χ0v) is 13.7. The van der Waals surface area contributed by atoms with Crippen LogP contribution in [0.25, 0.3) is 0 Å². The molecule has 0 bridgehead atoms. The van der Waals surface area contributed by atoms with E-state index in [1.54, 1.807) is 6.92 Å². The van der Waals surface area contributed by atoms with E-state index in [1.807, 2.05) is 41.8 Å². The third-order valence-electron chi connectivity index (χ3n) is 3.91. The maximum absolute atomic E-state index is 12.2. The normalized spacial score (nSPS) is 19.1. The molecule has 0 unspecified atom stereocenters. The number of amides is 2. The molecule has 3 rings (SSSR count). The molecule has 0 radical (unpaired) electrons. The molecule has 0 fully saturated rings. The van der Waals surface area contributed by atoms with E-state index in [1.165, 1.54) is 11.3 Å². The Hall–Kier alpha value is -2.05. The molecule has 23 heavy (non-hydrogen) atoms. The van der Waals surface area contributed by atoms with Crippen molar-refractivity contribution in [3.05, 3.63) is 52.2 Å². The van der Waals surface area contributed by atoms with Gasteiger partial charge in [-0.1, -0.05) is 24.3 Å². The average Bonchev–Trinajstić information content (AvgIpc) is 3.09. The lowest BCUT2D eigenvalue weighted by atomic mass is 10.0. The highest BCUT2D eigenvalue weighted by molar-refractivity contribution is 7.10. The van der Waals surface area contributed by atoms with Crippen LogP contribution in [0, 0.1) is 0 Å². The molecule has 3 N–H and O–H groups in total. The lowest BCUT2D eigenvalue weighted by molar-refractivity contribution is 0.0629. The summed E-state index contributed by atoms with van der Waals surface area (Å²) in [6.45, 7) is 2.43. The van der Waals surface area contributed by atoms with Gasteiger partial charge in [0.05, 0.1) is 19.2 Å². The predicted molar refractivity (Wildman–Crippen MR) is 89.7 cm³/mol. The molecule has 1 aliphatic rings. The van der Waals surface area contributed by atoms with Crippen molar-refractivity contribution in [2.75, 3.05) is 13.2 Å². The van der Waals surface area contributed by atoms with Gasteiger partial charge in [-0.15, -0.1) is 11.3 Å². The number of carbonyl (C=O) groups excluding carboxylic acids is 1. The molecule has 0 aliphatic carbocycles. The molecule has 122 valence electrons. The van der Waals surface area contributed by atoms with E-state index in [2.05, 4.69) is 10.6 Å². The summed E-state index contributed by atoms with van der Waals surface area (Å²) in [6, 6.07) is 11.1. The van der Waals surface area contributed by atoms with E-state index >= 15 is 0 Å². The first-order valence-corrected chi connectivity index (χ1v) is 8.47. The Bertz CT molecular complexity index is 670. The number of thiophene rings is 1. The van der Waals surface area contributed by atoms with E-state index in [-0.39, 0.29) is 18.6 Å². The molecule has 2 heterocycles. The van der Waals surface area contributed by atoms with Gasteiger partial charge in [-0.05, 0) is 24.4 Å². The van der Waals surface area contributed by atoms with Crippen LogP contribution in [0.2, 0.25) is 0 Å². The third kappa shape index (κ3) is 3.65. The number of ether oxygens (including phenoxy) is 1. The van der Waals surface area contributed by atoms with E-state index in [0.717, 1.165) is 22.6 Å². The first-order chi connectivity index (χ1) is 11.1. The van der Waals surface area contributed by atoms with Crippen LogP contribution in [-0.2, 0) is 5.60 Å². The number of urea groups is 1. The van der Waals surface area contributed by atoms with Gasteiger partial charge in [0.1, 0.15) is 11.4 Å². The minimum atomic E-state index is -1.07. The highest BCUT2D eigenvalue weighted by atomic mass is 32.1. The molecule has 2 atom stereocenters. The zero-order valence-electron chi connectivity index (χ0n) is 12.9. The second-order valence-corrected chi connectivity index (χ2v) is 6.75. The number of fused-ring (bicyclic) bond motifs is 1. The van der Waals surface area contributed by atoms with Gasteiger partial charge >= 0.3 is 6.03 Å². The number of nitrogens with one attached hydrogen (secondary N) is 2. The van der Waals surface area contributed by atoms with Crippen molar-refractivity contribution in [1.82, 2.24) is 10.6 Å². The summed E-state index contributed by atoms with van der Waals surface area (Å²) in [5, 5.41) is 18.1. The van der Waals surface area contributed by atoms with Crippen LogP contribution < -0.4 is 15.4 Å². The van der Waals surface area contributed by atoms with Crippen molar-refractivity contribution in [3.63, 3.8) is 0 Å². The van der Waals surface area contributed by atoms with E-state index in [4.69, 9.17) is 4.74 Å². The van der Waals surface area contributed by atoms with Crippen molar-refractivity contribution >= 4 is 17.4 Å². The highest BCUT2D eigenvalue weighted by Crippen LogP contribution is 2.31. The minimum absolute atomic E-state index is 0.0772. The molecule has 1 aromatic heterocycles. The zero-order chi connectivity index (χ0) is 16.3. The number of aliphatic hydroxyl groups is 1. The molecule has 1 aromatic carbocycles. The van der Waals surface area contributed by atoms with Gasteiger partial charge in [0.25, 0.3) is 0 Å². The second kappa shape index (κ2) is 6.60.